The van der Waals surface area contributed by atoms with Crippen LogP contribution in [0.2, 0.25) is 0 Å². The minimum absolute atomic E-state index is 0.00469. The Morgan fingerprint density at radius 2 is 2.25 bits per heavy atom. The molecule has 0 spiro atoms. The van der Waals surface area contributed by atoms with Gasteiger partial charge in [0.2, 0.25) is 11.8 Å². The second-order valence-electron chi connectivity index (χ2n) is 5.71. The number of nitrogens with one attached hydrogen (secondary N) is 1. The topological polar surface area (TPSA) is 71.5 Å². The fraction of sp³-hybridized carbons (Fsp3) is 0.278. The number of anilines is 1. The highest BCUT2D eigenvalue weighted by Crippen LogP contribution is 2.25. The van der Waals surface area contributed by atoms with Crippen molar-refractivity contribution in [2.45, 2.75) is 18.9 Å². The third-order valence-electron chi connectivity index (χ3n) is 3.94. The van der Waals surface area contributed by atoms with Crippen LogP contribution in [0.3, 0.4) is 0 Å². The lowest BCUT2D eigenvalue weighted by molar-refractivity contribution is -0.121. The van der Waals surface area contributed by atoms with Crippen molar-refractivity contribution in [2.24, 2.45) is 0 Å². The van der Waals surface area contributed by atoms with Gasteiger partial charge in [0, 0.05) is 37.1 Å². The molecule has 0 bridgehead atoms. The van der Waals surface area contributed by atoms with E-state index in [0.717, 1.165) is 11.3 Å². The zero-order valence-corrected chi connectivity index (χ0v) is 13.4. The molecule has 0 saturated carbocycles. The molecule has 124 valence electrons. The molecular weight excluding hydrogens is 306 g/mol. The molecule has 0 aliphatic carbocycles. The molecule has 1 aromatic heterocycles. The summed E-state index contributed by atoms with van der Waals surface area (Å²) in [6.45, 7) is 0.463. The number of carbonyl (C=O) groups excluding carboxylic acids is 2. The zero-order valence-electron chi connectivity index (χ0n) is 13.4. The normalized spacial score (nSPS) is 17.0. The molecule has 2 heterocycles. The summed E-state index contributed by atoms with van der Waals surface area (Å²) in [6.07, 6.45) is 3.90. The second-order valence-corrected chi connectivity index (χ2v) is 5.71. The van der Waals surface area contributed by atoms with Gasteiger partial charge in [-0.15, -0.1) is 0 Å². The number of ether oxygens (including phenoxy) is 1. The Morgan fingerprint density at radius 3 is 3.00 bits per heavy atom. The second kappa shape index (κ2) is 7.12. The van der Waals surface area contributed by atoms with Gasteiger partial charge in [-0.3, -0.25) is 14.6 Å². The van der Waals surface area contributed by atoms with E-state index in [1.165, 1.54) is 0 Å². The molecule has 1 saturated heterocycles. The molecule has 1 N–H and O–H groups in total. The largest absolute Gasteiger partial charge is 0.497 e. The molecule has 2 amide bonds. The van der Waals surface area contributed by atoms with E-state index in [-0.39, 0.29) is 24.3 Å². The summed E-state index contributed by atoms with van der Waals surface area (Å²) in [4.78, 5) is 30.1. The summed E-state index contributed by atoms with van der Waals surface area (Å²) in [6, 6.07) is 10.8. The van der Waals surface area contributed by atoms with Crippen molar-refractivity contribution in [1.82, 2.24) is 10.3 Å². The molecule has 1 atom stereocenters. The number of aromatic nitrogens is 1. The molecule has 1 fully saturated rings. The maximum absolute atomic E-state index is 12.2. The quantitative estimate of drug-likeness (QED) is 0.905. The summed E-state index contributed by atoms with van der Waals surface area (Å²) in [5.74, 6) is 0.590. The Kier molecular flexibility index (Phi) is 4.74. The van der Waals surface area contributed by atoms with E-state index in [2.05, 4.69) is 10.3 Å². The van der Waals surface area contributed by atoms with Crippen molar-refractivity contribution in [3.63, 3.8) is 0 Å². The summed E-state index contributed by atoms with van der Waals surface area (Å²) < 4.78 is 5.19. The van der Waals surface area contributed by atoms with Gasteiger partial charge in [-0.05, 0) is 23.8 Å². The molecular formula is C18H19N3O3. The van der Waals surface area contributed by atoms with Crippen molar-refractivity contribution in [3.05, 3.63) is 54.4 Å². The Hall–Kier alpha value is -2.89. The molecule has 3 rings (SSSR count). The Morgan fingerprint density at radius 1 is 1.38 bits per heavy atom. The Labute approximate surface area is 140 Å². The van der Waals surface area contributed by atoms with Gasteiger partial charge in [-0.25, -0.2) is 0 Å². The average molecular weight is 325 g/mol. The number of rotatable bonds is 5. The predicted molar refractivity (Wildman–Crippen MR) is 89.8 cm³/mol. The van der Waals surface area contributed by atoms with Crippen molar-refractivity contribution >= 4 is 17.5 Å². The first-order chi connectivity index (χ1) is 11.7. The van der Waals surface area contributed by atoms with Gasteiger partial charge in [0.1, 0.15) is 5.75 Å². The third kappa shape index (κ3) is 3.71. The summed E-state index contributed by atoms with van der Waals surface area (Å²) >= 11 is 0. The lowest BCUT2D eigenvalue weighted by atomic mass is 10.2. The smallest absolute Gasteiger partial charge is 0.229 e. The SMILES string of the molecule is COc1cccc(N2CC(NC(=O)Cc3cccnc3)CC2=O)c1. The number of methoxy groups -OCH3 is 1. The van der Waals surface area contributed by atoms with E-state index in [9.17, 15) is 9.59 Å². The highest BCUT2D eigenvalue weighted by molar-refractivity contribution is 5.97. The van der Waals surface area contributed by atoms with Gasteiger partial charge in [0.05, 0.1) is 19.6 Å². The minimum Gasteiger partial charge on any atom is -0.497 e. The van der Waals surface area contributed by atoms with E-state index < -0.39 is 0 Å². The van der Waals surface area contributed by atoms with Crippen LogP contribution in [0.25, 0.3) is 0 Å². The van der Waals surface area contributed by atoms with Crippen LogP contribution in [0.5, 0.6) is 5.75 Å². The van der Waals surface area contributed by atoms with Crippen molar-refractivity contribution in [1.29, 1.82) is 0 Å². The maximum Gasteiger partial charge on any atom is 0.229 e. The molecule has 0 radical (unpaired) electrons. The number of carbonyl (C=O) groups is 2. The highest BCUT2D eigenvalue weighted by Gasteiger charge is 2.31. The highest BCUT2D eigenvalue weighted by atomic mass is 16.5. The van der Waals surface area contributed by atoms with E-state index in [1.807, 2.05) is 30.3 Å². The van der Waals surface area contributed by atoms with Crippen LogP contribution in [-0.2, 0) is 16.0 Å². The first kappa shape index (κ1) is 16.0. The number of hydrogen-bond donors (Lipinski definition) is 1. The van der Waals surface area contributed by atoms with Crippen LogP contribution in [0.15, 0.2) is 48.8 Å². The molecule has 1 aromatic carbocycles. The monoisotopic (exact) mass is 325 g/mol. The standard InChI is InChI=1S/C18H19N3O3/c1-24-16-6-2-5-15(10-16)21-12-14(9-18(21)23)20-17(22)8-13-4-3-7-19-11-13/h2-7,10-11,14H,8-9,12H2,1H3,(H,20,22). The number of nitrogens with zero attached hydrogens (tertiary/aromatic N) is 2. The molecule has 1 aliphatic heterocycles. The first-order valence-electron chi connectivity index (χ1n) is 7.78. The summed E-state index contributed by atoms with van der Waals surface area (Å²) in [5.41, 5.74) is 1.63. The van der Waals surface area contributed by atoms with E-state index in [0.29, 0.717) is 18.7 Å². The van der Waals surface area contributed by atoms with Gasteiger partial charge in [0.25, 0.3) is 0 Å². The first-order valence-corrected chi connectivity index (χ1v) is 7.78. The van der Waals surface area contributed by atoms with Gasteiger partial charge in [0.15, 0.2) is 0 Å². The summed E-state index contributed by atoms with van der Waals surface area (Å²) in [7, 11) is 1.59. The third-order valence-corrected chi connectivity index (χ3v) is 3.94. The van der Waals surface area contributed by atoms with Crippen LogP contribution in [0, 0.1) is 0 Å². The van der Waals surface area contributed by atoms with Crippen LogP contribution in [0.4, 0.5) is 5.69 Å². The van der Waals surface area contributed by atoms with Crippen LogP contribution >= 0.6 is 0 Å². The van der Waals surface area contributed by atoms with Gasteiger partial charge >= 0.3 is 0 Å². The maximum atomic E-state index is 12.2. The zero-order chi connectivity index (χ0) is 16.9. The number of benzene rings is 1. The average Bonchev–Trinajstić information content (AvgIpc) is 2.96. The lowest BCUT2D eigenvalue weighted by Crippen LogP contribution is -2.38. The molecule has 6 heteroatoms. The Bertz CT molecular complexity index is 733. The van der Waals surface area contributed by atoms with E-state index in [1.54, 1.807) is 30.5 Å². The van der Waals surface area contributed by atoms with Gasteiger partial charge in [-0.1, -0.05) is 12.1 Å². The van der Waals surface area contributed by atoms with E-state index in [4.69, 9.17) is 4.74 Å². The van der Waals surface area contributed by atoms with Crippen LogP contribution in [-0.4, -0.2) is 36.5 Å². The minimum atomic E-state index is -0.187. The molecule has 6 nitrogen and oxygen atoms in total. The fourth-order valence-corrected chi connectivity index (χ4v) is 2.80. The van der Waals surface area contributed by atoms with Crippen molar-refractivity contribution in [3.8, 4) is 5.75 Å². The molecule has 2 aromatic rings. The Balaban J connectivity index is 1.61. The lowest BCUT2D eigenvalue weighted by Gasteiger charge is -2.18. The fourth-order valence-electron chi connectivity index (χ4n) is 2.80. The predicted octanol–water partition coefficient (Wildman–Crippen LogP) is 1.55. The molecule has 1 aliphatic rings. The van der Waals surface area contributed by atoms with Crippen LogP contribution in [0.1, 0.15) is 12.0 Å². The van der Waals surface area contributed by atoms with Gasteiger partial charge in [-0.2, -0.15) is 0 Å². The molecule has 1 unspecified atom stereocenters. The number of amides is 2. The van der Waals surface area contributed by atoms with Crippen molar-refractivity contribution < 1.29 is 14.3 Å². The summed E-state index contributed by atoms with van der Waals surface area (Å²) in [5, 5.41) is 2.93. The van der Waals surface area contributed by atoms with Crippen molar-refractivity contribution in [2.75, 3.05) is 18.6 Å². The van der Waals surface area contributed by atoms with E-state index >= 15 is 0 Å². The molecule has 24 heavy (non-hydrogen) atoms. The van der Waals surface area contributed by atoms with Crippen LogP contribution < -0.4 is 15.0 Å². The number of pyridine rings is 1. The van der Waals surface area contributed by atoms with Gasteiger partial charge < -0.3 is 15.0 Å². The number of hydrogen-bond acceptors (Lipinski definition) is 4.